The molecule has 0 aliphatic rings. The molecule has 1 atom stereocenters. The van der Waals surface area contributed by atoms with Gasteiger partial charge in [-0.2, -0.15) is 0 Å². The number of rotatable bonds is 5. The highest BCUT2D eigenvalue weighted by Crippen LogP contribution is 2.10. The van der Waals surface area contributed by atoms with Crippen molar-refractivity contribution in [2.45, 2.75) is 39.3 Å². The van der Waals surface area contributed by atoms with Crippen molar-refractivity contribution in [1.82, 2.24) is 4.90 Å². The molecule has 0 heterocycles. The van der Waals surface area contributed by atoms with Crippen molar-refractivity contribution in [3.8, 4) is 11.8 Å². The second-order valence-electron chi connectivity index (χ2n) is 4.65. The third kappa shape index (κ3) is 4.91. The molecule has 1 aromatic rings. The first-order valence-corrected chi connectivity index (χ1v) is 6.56. The van der Waals surface area contributed by atoms with Crippen LogP contribution < -0.4 is 0 Å². The normalized spacial score (nSPS) is 12.1. The lowest BCUT2D eigenvalue weighted by atomic mass is 10.1. The Kier molecular flexibility index (Phi) is 6.49. The van der Waals surface area contributed by atoms with E-state index in [4.69, 9.17) is 5.11 Å². The number of aliphatic hydroxyl groups excluding tert-OH is 1. The number of nitrogens with zero attached hydrogens (tertiary/aromatic N) is 1. The quantitative estimate of drug-likeness (QED) is 0.806. The minimum Gasteiger partial charge on any atom is -0.395 e. The Morgan fingerprint density at radius 2 is 2.17 bits per heavy atom. The smallest absolute Gasteiger partial charge is 0.0540 e. The van der Waals surface area contributed by atoms with E-state index in [1.165, 1.54) is 5.56 Å². The van der Waals surface area contributed by atoms with Crippen LogP contribution in [0, 0.1) is 11.8 Å². The maximum atomic E-state index is 8.70. The van der Waals surface area contributed by atoms with Crippen molar-refractivity contribution >= 4 is 0 Å². The molecule has 0 saturated carbocycles. The summed E-state index contributed by atoms with van der Waals surface area (Å²) in [5, 5.41) is 8.70. The SMILES string of the molecule is CCC(C)N(C)Cc1cccc(C#CCCO)c1. The van der Waals surface area contributed by atoms with E-state index < -0.39 is 0 Å². The molecule has 0 aliphatic carbocycles. The van der Waals surface area contributed by atoms with Gasteiger partial charge in [-0.15, -0.1) is 0 Å². The predicted octanol–water partition coefficient (Wildman–Crippen LogP) is 2.65. The standard InChI is InChI=1S/C16H23NO/c1-4-14(2)17(3)13-16-10-7-9-15(12-16)8-5-6-11-18/h7,9-10,12,14,18H,4,6,11,13H2,1-3H3. The van der Waals surface area contributed by atoms with Crippen LogP contribution in [-0.2, 0) is 6.54 Å². The Morgan fingerprint density at radius 3 is 2.83 bits per heavy atom. The topological polar surface area (TPSA) is 23.5 Å². The largest absolute Gasteiger partial charge is 0.395 e. The van der Waals surface area contributed by atoms with Crippen LogP contribution in [0.25, 0.3) is 0 Å². The summed E-state index contributed by atoms with van der Waals surface area (Å²) in [4.78, 5) is 2.35. The van der Waals surface area contributed by atoms with Crippen molar-refractivity contribution in [1.29, 1.82) is 0 Å². The summed E-state index contributed by atoms with van der Waals surface area (Å²) in [6.45, 7) is 5.52. The average Bonchev–Trinajstić information content (AvgIpc) is 2.38. The molecule has 0 aliphatic heterocycles. The lowest BCUT2D eigenvalue weighted by molar-refractivity contribution is 0.244. The zero-order valence-electron chi connectivity index (χ0n) is 11.6. The van der Waals surface area contributed by atoms with Gasteiger partial charge in [0.15, 0.2) is 0 Å². The molecule has 0 saturated heterocycles. The zero-order chi connectivity index (χ0) is 13.4. The van der Waals surface area contributed by atoms with E-state index in [2.05, 4.69) is 49.8 Å². The molecule has 1 unspecified atom stereocenters. The second kappa shape index (κ2) is 7.92. The summed E-state index contributed by atoms with van der Waals surface area (Å²) in [7, 11) is 2.15. The molecule has 0 fully saturated rings. The summed E-state index contributed by atoms with van der Waals surface area (Å²) in [5.74, 6) is 6.03. The van der Waals surface area contributed by atoms with Crippen molar-refractivity contribution in [3.63, 3.8) is 0 Å². The summed E-state index contributed by atoms with van der Waals surface area (Å²) in [6, 6.07) is 8.91. The van der Waals surface area contributed by atoms with Gasteiger partial charge in [-0.1, -0.05) is 30.9 Å². The van der Waals surface area contributed by atoms with Gasteiger partial charge < -0.3 is 5.11 Å². The highest BCUT2D eigenvalue weighted by Gasteiger charge is 2.06. The van der Waals surface area contributed by atoms with Gasteiger partial charge in [0.05, 0.1) is 6.61 Å². The van der Waals surface area contributed by atoms with Crippen LogP contribution >= 0.6 is 0 Å². The van der Waals surface area contributed by atoms with Gasteiger partial charge in [0.1, 0.15) is 0 Å². The van der Waals surface area contributed by atoms with Gasteiger partial charge in [0.25, 0.3) is 0 Å². The molecule has 1 aromatic carbocycles. The monoisotopic (exact) mass is 245 g/mol. The van der Waals surface area contributed by atoms with Crippen LogP contribution in [0.2, 0.25) is 0 Å². The third-order valence-corrected chi connectivity index (χ3v) is 3.17. The van der Waals surface area contributed by atoms with E-state index in [9.17, 15) is 0 Å². The molecular formula is C16H23NO. The molecule has 2 nitrogen and oxygen atoms in total. The fraction of sp³-hybridized carbons (Fsp3) is 0.500. The van der Waals surface area contributed by atoms with Gasteiger partial charge in [-0.3, -0.25) is 4.90 Å². The average molecular weight is 245 g/mol. The van der Waals surface area contributed by atoms with Gasteiger partial charge >= 0.3 is 0 Å². The molecule has 98 valence electrons. The van der Waals surface area contributed by atoms with Crippen LogP contribution in [0.5, 0.6) is 0 Å². The fourth-order valence-corrected chi connectivity index (χ4v) is 1.72. The van der Waals surface area contributed by atoms with Crippen LogP contribution in [0.15, 0.2) is 24.3 Å². The number of benzene rings is 1. The van der Waals surface area contributed by atoms with E-state index in [0.29, 0.717) is 12.5 Å². The van der Waals surface area contributed by atoms with Crippen LogP contribution in [0.1, 0.15) is 37.8 Å². The predicted molar refractivity (Wildman–Crippen MR) is 76.2 cm³/mol. The molecule has 0 aromatic heterocycles. The summed E-state index contributed by atoms with van der Waals surface area (Å²) in [5.41, 5.74) is 2.31. The lowest BCUT2D eigenvalue weighted by Crippen LogP contribution is -2.27. The Labute approximate surface area is 111 Å². The van der Waals surface area contributed by atoms with E-state index in [1.807, 2.05) is 12.1 Å². The summed E-state index contributed by atoms with van der Waals surface area (Å²) in [6.07, 6.45) is 1.70. The first-order valence-electron chi connectivity index (χ1n) is 6.56. The molecule has 2 heteroatoms. The van der Waals surface area contributed by atoms with Crippen LogP contribution in [-0.4, -0.2) is 29.7 Å². The fourth-order valence-electron chi connectivity index (χ4n) is 1.72. The van der Waals surface area contributed by atoms with Crippen molar-refractivity contribution in [3.05, 3.63) is 35.4 Å². The van der Waals surface area contributed by atoms with Gasteiger partial charge in [-0.25, -0.2) is 0 Å². The van der Waals surface area contributed by atoms with E-state index in [-0.39, 0.29) is 6.61 Å². The van der Waals surface area contributed by atoms with Gasteiger partial charge in [0.2, 0.25) is 0 Å². The van der Waals surface area contributed by atoms with Crippen molar-refractivity contribution in [2.75, 3.05) is 13.7 Å². The van der Waals surface area contributed by atoms with E-state index in [0.717, 1.165) is 18.5 Å². The van der Waals surface area contributed by atoms with Gasteiger partial charge in [0, 0.05) is 24.6 Å². The highest BCUT2D eigenvalue weighted by atomic mass is 16.2. The number of hydrogen-bond donors (Lipinski definition) is 1. The van der Waals surface area contributed by atoms with E-state index >= 15 is 0 Å². The maximum Gasteiger partial charge on any atom is 0.0540 e. The van der Waals surface area contributed by atoms with Crippen molar-refractivity contribution < 1.29 is 5.11 Å². The third-order valence-electron chi connectivity index (χ3n) is 3.17. The van der Waals surface area contributed by atoms with Gasteiger partial charge in [-0.05, 0) is 38.1 Å². The molecule has 18 heavy (non-hydrogen) atoms. The van der Waals surface area contributed by atoms with Crippen molar-refractivity contribution in [2.24, 2.45) is 0 Å². The Balaban J connectivity index is 2.68. The molecule has 0 bridgehead atoms. The Hall–Kier alpha value is -1.30. The lowest BCUT2D eigenvalue weighted by Gasteiger charge is -2.23. The molecule has 1 rings (SSSR count). The Bertz CT molecular complexity index is 417. The number of hydrogen-bond acceptors (Lipinski definition) is 2. The first kappa shape index (κ1) is 14.8. The van der Waals surface area contributed by atoms with E-state index in [1.54, 1.807) is 0 Å². The number of aliphatic hydroxyl groups is 1. The highest BCUT2D eigenvalue weighted by molar-refractivity contribution is 5.37. The molecule has 0 amide bonds. The van der Waals surface area contributed by atoms with Crippen LogP contribution in [0.3, 0.4) is 0 Å². The molecular weight excluding hydrogens is 222 g/mol. The molecule has 1 N–H and O–H groups in total. The first-order chi connectivity index (χ1) is 8.67. The summed E-state index contributed by atoms with van der Waals surface area (Å²) >= 11 is 0. The Morgan fingerprint density at radius 1 is 1.39 bits per heavy atom. The zero-order valence-corrected chi connectivity index (χ0v) is 11.6. The molecule has 0 spiro atoms. The van der Waals surface area contributed by atoms with Crippen LogP contribution in [0.4, 0.5) is 0 Å². The minimum absolute atomic E-state index is 0.128. The second-order valence-corrected chi connectivity index (χ2v) is 4.65. The molecule has 0 radical (unpaired) electrons. The summed E-state index contributed by atoms with van der Waals surface area (Å²) < 4.78 is 0. The minimum atomic E-state index is 0.128. The maximum absolute atomic E-state index is 8.70.